The maximum Gasteiger partial charge on any atom is 0.289 e. The minimum absolute atomic E-state index is 0.166. The van der Waals surface area contributed by atoms with E-state index in [9.17, 15) is 4.79 Å². The zero-order valence-corrected chi connectivity index (χ0v) is 13.0. The number of furan rings is 1. The van der Waals surface area contributed by atoms with E-state index in [1.807, 2.05) is 43.3 Å². The van der Waals surface area contributed by atoms with Gasteiger partial charge < -0.3 is 9.32 Å². The van der Waals surface area contributed by atoms with Gasteiger partial charge in [-0.25, -0.2) is 0 Å². The van der Waals surface area contributed by atoms with E-state index in [1.54, 1.807) is 24.1 Å². The number of rotatable bonds is 3. The van der Waals surface area contributed by atoms with Gasteiger partial charge in [-0.2, -0.15) is 5.26 Å². The van der Waals surface area contributed by atoms with Crippen molar-refractivity contribution in [2.24, 2.45) is 0 Å². The molecule has 3 aromatic rings. The van der Waals surface area contributed by atoms with Gasteiger partial charge in [-0.05, 0) is 30.7 Å². The van der Waals surface area contributed by atoms with Crippen LogP contribution in [0.25, 0.3) is 11.0 Å². The molecule has 3 rings (SSSR count). The van der Waals surface area contributed by atoms with Gasteiger partial charge in [0, 0.05) is 24.5 Å². The van der Waals surface area contributed by atoms with Gasteiger partial charge in [-0.1, -0.05) is 30.3 Å². The van der Waals surface area contributed by atoms with Gasteiger partial charge in [0.05, 0.1) is 11.6 Å². The number of nitriles is 1. The zero-order valence-electron chi connectivity index (χ0n) is 13.0. The first-order chi connectivity index (χ1) is 11.1. The van der Waals surface area contributed by atoms with Crippen LogP contribution >= 0.6 is 0 Å². The van der Waals surface area contributed by atoms with Gasteiger partial charge in [0.25, 0.3) is 5.91 Å². The molecule has 0 radical (unpaired) electrons. The third kappa shape index (κ3) is 2.82. The Morgan fingerprint density at radius 3 is 2.74 bits per heavy atom. The summed E-state index contributed by atoms with van der Waals surface area (Å²) in [7, 11) is 1.73. The lowest BCUT2D eigenvalue weighted by atomic mass is 10.1. The van der Waals surface area contributed by atoms with Crippen LogP contribution in [-0.2, 0) is 6.54 Å². The van der Waals surface area contributed by atoms with Crippen molar-refractivity contribution >= 4 is 16.9 Å². The Labute approximate surface area is 134 Å². The molecule has 114 valence electrons. The molecule has 23 heavy (non-hydrogen) atoms. The summed E-state index contributed by atoms with van der Waals surface area (Å²) in [5.41, 5.74) is 3.06. The third-order valence-corrected chi connectivity index (χ3v) is 3.86. The highest BCUT2D eigenvalue weighted by Crippen LogP contribution is 2.26. The number of carbonyl (C=O) groups is 1. The van der Waals surface area contributed by atoms with E-state index >= 15 is 0 Å². The summed E-state index contributed by atoms with van der Waals surface area (Å²) < 4.78 is 5.72. The molecule has 0 aliphatic carbocycles. The number of amides is 1. The van der Waals surface area contributed by atoms with Crippen molar-refractivity contribution in [2.45, 2.75) is 13.5 Å². The molecule has 0 bridgehead atoms. The second-order valence-corrected chi connectivity index (χ2v) is 5.53. The van der Waals surface area contributed by atoms with Crippen LogP contribution in [0.1, 0.15) is 27.2 Å². The van der Waals surface area contributed by atoms with Gasteiger partial charge in [0.15, 0.2) is 5.76 Å². The second-order valence-electron chi connectivity index (χ2n) is 5.53. The number of hydrogen-bond acceptors (Lipinski definition) is 3. The van der Waals surface area contributed by atoms with E-state index in [2.05, 4.69) is 6.07 Å². The highest BCUT2D eigenvalue weighted by Gasteiger charge is 2.20. The van der Waals surface area contributed by atoms with Crippen LogP contribution in [0.15, 0.2) is 52.9 Å². The first kappa shape index (κ1) is 14.9. The Morgan fingerprint density at radius 2 is 2.00 bits per heavy atom. The number of nitrogens with zero attached hydrogens (tertiary/aromatic N) is 2. The molecule has 0 saturated carbocycles. The molecule has 1 amide bonds. The first-order valence-corrected chi connectivity index (χ1v) is 7.33. The summed E-state index contributed by atoms with van der Waals surface area (Å²) in [5.74, 6) is 0.200. The molecule has 0 spiro atoms. The van der Waals surface area contributed by atoms with Crippen LogP contribution in [0.3, 0.4) is 0 Å². The SMILES string of the molecule is Cc1c(C(=O)N(C)Cc2cccc(C#N)c2)oc2ccccc12. The highest BCUT2D eigenvalue weighted by molar-refractivity contribution is 5.98. The molecule has 0 N–H and O–H groups in total. The molecular weight excluding hydrogens is 288 g/mol. The van der Waals surface area contributed by atoms with Crippen molar-refractivity contribution < 1.29 is 9.21 Å². The van der Waals surface area contributed by atoms with Gasteiger partial charge in [0.2, 0.25) is 0 Å². The normalized spacial score (nSPS) is 10.5. The highest BCUT2D eigenvalue weighted by atomic mass is 16.3. The lowest BCUT2D eigenvalue weighted by Crippen LogP contribution is -2.26. The molecule has 1 aromatic heterocycles. The van der Waals surface area contributed by atoms with Crippen LogP contribution in [-0.4, -0.2) is 17.9 Å². The smallest absolute Gasteiger partial charge is 0.289 e. The fourth-order valence-electron chi connectivity index (χ4n) is 2.64. The summed E-state index contributed by atoms with van der Waals surface area (Å²) in [6.45, 7) is 2.31. The largest absolute Gasteiger partial charge is 0.451 e. The summed E-state index contributed by atoms with van der Waals surface area (Å²) in [5, 5.41) is 9.91. The van der Waals surface area contributed by atoms with Crippen molar-refractivity contribution in [3.8, 4) is 6.07 Å². The van der Waals surface area contributed by atoms with Crippen molar-refractivity contribution in [1.82, 2.24) is 4.90 Å². The Bertz CT molecular complexity index is 919. The van der Waals surface area contributed by atoms with Crippen molar-refractivity contribution in [1.29, 1.82) is 5.26 Å². The molecule has 0 unspecified atom stereocenters. The lowest BCUT2D eigenvalue weighted by molar-refractivity contribution is 0.0755. The van der Waals surface area contributed by atoms with Crippen LogP contribution < -0.4 is 0 Å². The predicted molar refractivity (Wildman–Crippen MR) is 87.9 cm³/mol. The summed E-state index contributed by atoms with van der Waals surface area (Å²) >= 11 is 0. The average Bonchev–Trinajstić information content (AvgIpc) is 2.91. The maximum atomic E-state index is 12.7. The molecular formula is C19H16N2O2. The standard InChI is InChI=1S/C19H16N2O2/c1-13-16-8-3-4-9-17(16)23-18(13)19(22)21(2)12-15-7-5-6-14(10-15)11-20/h3-10H,12H2,1-2H3. The van der Waals surface area contributed by atoms with Crippen LogP contribution in [0.4, 0.5) is 0 Å². The van der Waals surface area contributed by atoms with Gasteiger partial charge in [-0.15, -0.1) is 0 Å². The molecule has 4 heteroatoms. The van der Waals surface area contributed by atoms with E-state index in [0.717, 1.165) is 16.5 Å². The number of benzene rings is 2. The average molecular weight is 304 g/mol. The fourth-order valence-corrected chi connectivity index (χ4v) is 2.64. The number of carbonyl (C=O) groups excluding carboxylic acids is 1. The van der Waals surface area contributed by atoms with E-state index in [4.69, 9.17) is 9.68 Å². The zero-order chi connectivity index (χ0) is 16.4. The van der Waals surface area contributed by atoms with Gasteiger partial charge in [-0.3, -0.25) is 4.79 Å². The molecule has 1 heterocycles. The summed E-state index contributed by atoms with van der Waals surface area (Å²) in [4.78, 5) is 14.3. The second kappa shape index (κ2) is 5.98. The molecule has 2 aromatic carbocycles. The number of aryl methyl sites for hydroxylation is 1. The number of para-hydroxylation sites is 1. The summed E-state index contributed by atoms with van der Waals surface area (Å²) in [6, 6.07) is 17.0. The van der Waals surface area contributed by atoms with E-state index in [0.29, 0.717) is 23.5 Å². The molecule has 4 nitrogen and oxygen atoms in total. The minimum Gasteiger partial charge on any atom is -0.451 e. The Kier molecular flexibility index (Phi) is 3.86. The molecule has 0 fully saturated rings. The van der Waals surface area contributed by atoms with Crippen LogP contribution in [0, 0.1) is 18.3 Å². The Hall–Kier alpha value is -3.06. The van der Waals surface area contributed by atoms with Crippen LogP contribution in [0.2, 0.25) is 0 Å². The Morgan fingerprint density at radius 1 is 1.22 bits per heavy atom. The summed E-state index contributed by atoms with van der Waals surface area (Å²) in [6.07, 6.45) is 0. The quantitative estimate of drug-likeness (QED) is 0.737. The predicted octanol–water partition coefficient (Wildman–Crippen LogP) is 3.89. The van der Waals surface area contributed by atoms with Gasteiger partial charge in [0.1, 0.15) is 5.58 Å². The monoisotopic (exact) mass is 304 g/mol. The fraction of sp³-hybridized carbons (Fsp3) is 0.158. The lowest BCUT2D eigenvalue weighted by Gasteiger charge is -2.16. The van der Waals surface area contributed by atoms with E-state index in [1.165, 1.54) is 0 Å². The number of fused-ring (bicyclic) bond motifs is 1. The molecule has 0 atom stereocenters. The molecule has 0 aliphatic rings. The topological polar surface area (TPSA) is 57.2 Å². The van der Waals surface area contributed by atoms with Crippen molar-refractivity contribution in [2.75, 3.05) is 7.05 Å². The molecule has 0 aliphatic heterocycles. The number of hydrogen-bond donors (Lipinski definition) is 0. The minimum atomic E-state index is -0.166. The van der Waals surface area contributed by atoms with E-state index < -0.39 is 0 Å². The Balaban J connectivity index is 1.86. The maximum absolute atomic E-state index is 12.7. The van der Waals surface area contributed by atoms with Gasteiger partial charge >= 0.3 is 0 Å². The van der Waals surface area contributed by atoms with Crippen molar-refractivity contribution in [3.05, 3.63) is 71.0 Å². The third-order valence-electron chi connectivity index (χ3n) is 3.86. The van der Waals surface area contributed by atoms with E-state index in [-0.39, 0.29) is 5.91 Å². The first-order valence-electron chi connectivity index (χ1n) is 7.33. The van der Waals surface area contributed by atoms with Crippen molar-refractivity contribution in [3.63, 3.8) is 0 Å². The molecule has 0 saturated heterocycles. The van der Waals surface area contributed by atoms with Crippen LogP contribution in [0.5, 0.6) is 0 Å².